The van der Waals surface area contributed by atoms with Gasteiger partial charge in [-0.2, -0.15) is 0 Å². The van der Waals surface area contributed by atoms with Crippen molar-refractivity contribution in [2.75, 3.05) is 41.3 Å². The third-order valence-corrected chi connectivity index (χ3v) is 4.03. The van der Waals surface area contributed by atoms with E-state index < -0.39 is 0 Å². The first-order chi connectivity index (χ1) is 11.7. The standard InChI is InChI=1S/C17H20FN5O/c1-2-17(24)19-15-7-8-16(21-20-15)23-11-9-22(10-12-23)14-5-3-13(18)4-6-14/h3-8H,2,9-12H2,1H3,(H,19,20,24). The molecule has 1 aliphatic rings. The van der Waals surface area contributed by atoms with E-state index >= 15 is 0 Å². The van der Waals surface area contributed by atoms with Gasteiger partial charge in [0.1, 0.15) is 5.82 Å². The van der Waals surface area contributed by atoms with Crippen LogP contribution in [-0.2, 0) is 4.79 Å². The minimum Gasteiger partial charge on any atom is -0.368 e. The lowest BCUT2D eigenvalue weighted by Gasteiger charge is -2.36. The topological polar surface area (TPSA) is 61.4 Å². The van der Waals surface area contributed by atoms with Gasteiger partial charge in [0.05, 0.1) is 0 Å². The number of benzene rings is 1. The first kappa shape index (κ1) is 16.2. The summed E-state index contributed by atoms with van der Waals surface area (Å²) < 4.78 is 13.0. The van der Waals surface area contributed by atoms with Gasteiger partial charge in [0.2, 0.25) is 5.91 Å². The first-order valence-electron chi connectivity index (χ1n) is 8.05. The highest BCUT2D eigenvalue weighted by molar-refractivity contribution is 5.89. The van der Waals surface area contributed by atoms with Crippen molar-refractivity contribution in [3.63, 3.8) is 0 Å². The van der Waals surface area contributed by atoms with E-state index in [1.807, 2.05) is 6.07 Å². The van der Waals surface area contributed by atoms with Crippen molar-refractivity contribution in [3.05, 3.63) is 42.2 Å². The third kappa shape index (κ3) is 3.79. The Bertz CT molecular complexity index is 681. The molecular formula is C17H20FN5O. The van der Waals surface area contributed by atoms with Crippen molar-refractivity contribution in [2.24, 2.45) is 0 Å². The Morgan fingerprint density at radius 2 is 1.71 bits per heavy atom. The molecule has 0 saturated carbocycles. The number of anilines is 3. The number of rotatable bonds is 4. The number of hydrogen-bond acceptors (Lipinski definition) is 5. The molecule has 1 fully saturated rings. The van der Waals surface area contributed by atoms with Gasteiger partial charge in [0.25, 0.3) is 0 Å². The lowest BCUT2D eigenvalue weighted by atomic mass is 10.2. The second-order valence-corrected chi connectivity index (χ2v) is 5.63. The van der Waals surface area contributed by atoms with Crippen molar-refractivity contribution in [1.29, 1.82) is 0 Å². The summed E-state index contributed by atoms with van der Waals surface area (Å²) in [5.74, 6) is 0.965. The van der Waals surface area contributed by atoms with E-state index in [0.29, 0.717) is 12.2 Å². The number of nitrogens with one attached hydrogen (secondary N) is 1. The predicted octanol–water partition coefficient (Wildman–Crippen LogP) is 2.29. The maximum absolute atomic E-state index is 13.0. The number of carbonyl (C=O) groups is 1. The lowest BCUT2D eigenvalue weighted by Crippen LogP contribution is -2.46. The molecule has 0 radical (unpaired) electrons. The van der Waals surface area contributed by atoms with Crippen LogP contribution >= 0.6 is 0 Å². The van der Waals surface area contributed by atoms with Gasteiger partial charge in [0, 0.05) is 38.3 Å². The number of aromatic nitrogens is 2. The van der Waals surface area contributed by atoms with Gasteiger partial charge >= 0.3 is 0 Å². The van der Waals surface area contributed by atoms with Crippen LogP contribution in [0.5, 0.6) is 0 Å². The minimum absolute atomic E-state index is 0.0787. The quantitative estimate of drug-likeness (QED) is 0.932. The van der Waals surface area contributed by atoms with Gasteiger partial charge in [-0.05, 0) is 36.4 Å². The van der Waals surface area contributed by atoms with Crippen molar-refractivity contribution in [3.8, 4) is 0 Å². The summed E-state index contributed by atoms with van der Waals surface area (Å²) in [7, 11) is 0. The number of piperazine rings is 1. The monoisotopic (exact) mass is 329 g/mol. The molecule has 24 heavy (non-hydrogen) atoms. The summed E-state index contributed by atoms with van der Waals surface area (Å²) in [4.78, 5) is 15.7. The molecule has 2 aromatic rings. The Labute approximate surface area is 140 Å². The van der Waals surface area contributed by atoms with E-state index in [0.717, 1.165) is 37.7 Å². The molecular weight excluding hydrogens is 309 g/mol. The Morgan fingerprint density at radius 1 is 1.04 bits per heavy atom. The Kier molecular flexibility index (Phi) is 4.88. The number of halogens is 1. The molecule has 1 saturated heterocycles. The van der Waals surface area contributed by atoms with Crippen LogP contribution in [0.25, 0.3) is 0 Å². The summed E-state index contributed by atoms with van der Waals surface area (Å²) in [6.07, 6.45) is 0.411. The molecule has 0 unspecified atom stereocenters. The zero-order valence-corrected chi connectivity index (χ0v) is 13.6. The van der Waals surface area contributed by atoms with Crippen molar-refractivity contribution in [2.45, 2.75) is 13.3 Å². The Hall–Kier alpha value is -2.70. The average molecular weight is 329 g/mol. The van der Waals surface area contributed by atoms with Crippen LogP contribution in [-0.4, -0.2) is 42.3 Å². The highest BCUT2D eigenvalue weighted by atomic mass is 19.1. The van der Waals surface area contributed by atoms with Crippen LogP contribution in [0.2, 0.25) is 0 Å². The van der Waals surface area contributed by atoms with E-state index in [2.05, 4.69) is 25.3 Å². The van der Waals surface area contributed by atoms with E-state index in [-0.39, 0.29) is 11.7 Å². The zero-order valence-electron chi connectivity index (χ0n) is 13.6. The van der Waals surface area contributed by atoms with E-state index in [1.165, 1.54) is 12.1 Å². The van der Waals surface area contributed by atoms with Crippen LogP contribution in [0, 0.1) is 5.82 Å². The number of amides is 1. The van der Waals surface area contributed by atoms with Gasteiger partial charge in [-0.3, -0.25) is 4.79 Å². The summed E-state index contributed by atoms with van der Waals surface area (Å²) in [6.45, 7) is 5.08. The molecule has 6 nitrogen and oxygen atoms in total. The predicted molar refractivity (Wildman–Crippen MR) is 91.8 cm³/mol. The van der Waals surface area contributed by atoms with Gasteiger partial charge in [0.15, 0.2) is 11.6 Å². The molecule has 0 spiro atoms. The van der Waals surface area contributed by atoms with Gasteiger partial charge in [-0.15, -0.1) is 10.2 Å². The highest BCUT2D eigenvalue weighted by Gasteiger charge is 2.18. The molecule has 1 aromatic heterocycles. The van der Waals surface area contributed by atoms with E-state index in [9.17, 15) is 9.18 Å². The number of carbonyl (C=O) groups excluding carboxylic acids is 1. The first-order valence-corrected chi connectivity index (χ1v) is 8.05. The molecule has 3 rings (SSSR count). The molecule has 0 atom stereocenters. The zero-order chi connectivity index (χ0) is 16.9. The molecule has 7 heteroatoms. The second kappa shape index (κ2) is 7.25. The summed E-state index contributed by atoms with van der Waals surface area (Å²) >= 11 is 0. The highest BCUT2D eigenvalue weighted by Crippen LogP contribution is 2.19. The number of nitrogens with zero attached hydrogens (tertiary/aromatic N) is 4. The van der Waals surface area contributed by atoms with Crippen LogP contribution in [0.3, 0.4) is 0 Å². The van der Waals surface area contributed by atoms with Crippen molar-refractivity contribution < 1.29 is 9.18 Å². The summed E-state index contributed by atoms with van der Waals surface area (Å²) in [5, 5.41) is 10.9. The fraction of sp³-hybridized carbons (Fsp3) is 0.353. The third-order valence-electron chi connectivity index (χ3n) is 4.03. The molecule has 1 aliphatic heterocycles. The molecule has 0 bridgehead atoms. The van der Waals surface area contributed by atoms with E-state index in [4.69, 9.17) is 0 Å². The molecule has 1 aromatic carbocycles. The van der Waals surface area contributed by atoms with Crippen LogP contribution < -0.4 is 15.1 Å². The average Bonchev–Trinajstić information content (AvgIpc) is 2.63. The number of hydrogen-bond donors (Lipinski definition) is 1. The van der Waals surface area contributed by atoms with Gasteiger partial charge < -0.3 is 15.1 Å². The SMILES string of the molecule is CCC(=O)Nc1ccc(N2CCN(c3ccc(F)cc3)CC2)nn1. The summed E-state index contributed by atoms with van der Waals surface area (Å²) in [6, 6.07) is 10.2. The van der Waals surface area contributed by atoms with Gasteiger partial charge in [-0.1, -0.05) is 6.92 Å². The van der Waals surface area contributed by atoms with Crippen molar-refractivity contribution >= 4 is 23.2 Å². The normalized spacial score (nSPS) is 14.6. The fourth-order valence-corrected chi connectivity index (χ4v) is 2.64. The Morgan fingerprint density at radius 3 is 2.29 bits per heavy atom. The molecule has 0 aliphatic carbocycles. The van der Waals surface area contributed by atoms with Crippen molar-refractivity contribution in [1.82, 2.24) is 10.2 Å². The van der Waals surface area contributed by atoms with Crippen LogP contribution in [0.4, 0.5) is 21.7 Å². The molecule has 1 N–H and O–H groups in total. The maximum Gasteiger partial charge on any atom is 0.225 e. The van der Waals surface area contributed by atoms with Crippen LogP contribution in [0.1, 0.15) is 13.3 Å². The maximum atomic E-state index is 13.0. The van der Waals surface area contributed by atoms with Crippen LogP contribution in [0.15, 0.2) is 36.4 Å². The summed E-state index contributed by atoms with van der Waals surface area (Å²) in [5.41, 5.74) is 1.03. The fourth-order valence-electron chi connectivity index (χ4n) is 2.64. The van der Waals surface area contributed by atoms with Gasteiger partial charge in [-0.25, -0.2) is 4.39 Å². The Balaban J connectivity index is 1.58. The smallest absolute Gasteiger partial charge is 0.225 e. The minimum atomic E-state index is -0.220. The van der Waals surface area contributed by atoms with E-state index in [1.54, 1.807) is 25.1 Å². The largest absolute Gasteiger partial charge is 0.368 e. The molecule has 1 amide bonds. The second-order valence-electron chi connectivity index (χ2n) is 5.63. The lowest BCUT2D eigenvalue weighted by molar-refractivity contribution is -0.115. The molecule has 126 valence electrons. The molecule has 2 heterocycles.